The van der Waals surface area contributed by atoms with E-state index < -0.39 is 116 Å². The maximum Gasteiger partial charge on any atom is 0.338 e. The SMILES string of the molecule is CC(=O)OC[C@H]1O[C@H](OC[C@H]2O[C@H](O)[C@@H](OC(=O)c3ccccc3)[C@@H](OC(=O)c3ccccc3)[C@@H]2OC(=O)c2ccccc2)[C@@H](OC(C)=O)[C@@H](OC(C)=O)[C@@H]1OC(C)=O. The van der Waals surface area contributed by atoms with Gasteiger partial charge in [0.15, 0.2) is 49.2 Å². The quantitative estimate of drug-likeness (QED) is 0.182. The summed E-state index contributed by atoms with van der Waals surface area (Å²) in [7, 11) is 0. The molecule has 5 rings (SSSR count). The molecule has 0 aliphatic carbocycles. The smallest absolute Gasteiger partial charge is 0.338 e. The number of esters is 7. The van der Waals surface area contributed by atoms with E-state index in [1.807, 2.05) is 0 Å². The van der Waals surface area contributed by atoms with Crippen molar-refractivity contribution in [3.8, 4) is 0 Å². The van der Waals surface area contributed by atoms with Crippen LogP contribution in [0.3, 0.4) is 0 Å². The molecule has 314 valence electrons. The van der Waals surface area contributed by atoms with E-state index in [0.717, 1.165) is 27.7 Å². The van der Waals surface area contributed by atoms with Gasteiger partial charge in [-0.05, 0) is 36.4 Å². The molecule has 0 saturated carbocycles. The molecule has 3 aromatic carbocycles. The van der Waals surface area contributed by atoms with Gasteiger partial charge in [0.05, 0.1) is 23.3 Å². The van der Waals surface area contributed by atoms with E-state index in [1.54, 1.807) is 54.6 Å². The van der Waals surface area contributed by atoms with Crippen LogP contribution >= 0.6 is 0 Å². The normalized spacial score (nSPS) is 26.3. The molecular formula is C41H42O18. The molecule has 59 heavy (non-hydrogen) atoms. The van der Waals surface area contributed by atoms with Crippen molar-refractivity contribution >= 4 is 41.8 Å². The van der Waals surface area contributed by atoms with Crippen LogP contribution < -0.4 is 0 Å². The lowest BCUT2D eigenvalue weighted by Gasteiger charge is -2.45. The molecule has 2 aliphatic heterocycles. The number of aliphatic hydroxyl groups is 1. The van der Waals surface area contributed by atoms with Gasteiger partial charge in [0, 0.05) is 27.7 Å². The number of ether oxygens (including phenoxy) is 10. The average Bonchev–Trinajstić information content (AvgIpc) is 3.20. The first kappa shape index (κ1) is 43.9. The van der Waals surface area contributed by atoms with Crippen molar-refractivity contribution in [3.05, 3.63) is 108 Å². The van der Waals surface area contributed by atoms with Gasteiger partial charge >= 0.3 is 41.8 Å². The van der Waals surface area contributed by atoms with E-state index in [9.17, 15) is 38.7 Å². The Labute approximate surface area is 337 Å². The van der Waals surface area contributed by atoms with E-state index in [1.165, 1.54) is 36.4 Å². The third-order valence-electron chi connectivity index (χ3n) is 8.74. The molecule has 0 radical (unpaired) electrons. The first-order valence-corrected chi connectivity index (χ1v) is 18.3. The van der Waals surface area contributed by atoms with Crippen LogP contribution in [-0.2, 0) is 66.5 Å². The second kappa shape index (κ2) is 20.5. The Morgan fingerprint density at radius 2 is 0.831 bits per heavy atom. The summed E-state index contributed by atoms with van der Waals surface area (Å²) >= 11 is 0. The molecule has 2 aliphatic rings. The van der Waals surface area contributed by atoms with Gasteiger partial charge in [0.25, 0.3) is 0 Å². The van der Waals surface area contributed by atoms with E-state index in [0.29, 0.717) is 0 Å². The van der Waals surface area contributed by atoms with Crippen molar-refractivity contribution in [1.82, 2.24) is 0 Å². The number of carbonyl (C=O) groups excluding carboxylic acids is 7. The predicted octanol–water partition coefficient (Wildman–Crippen LogP) is 2.48. The molecule has 18 heteroatoms. The van der Waals surface area contributed by atoms with Gasteiger partial charge in [0.1, 0.15) is 18.8 Å². The summed E-state index contributed by atoms with van der Waals surface area (Å²) in [6, 6.07) is 23.1. The Morgan fingerprint density at radius 1 is 0.458 bits per heavy atom. The molecule has 0 amide bonds. The van der Waals surface area contributed by atoms with E-state index >= 15 is 0 Å². The largest absolute Gasteiger partial charge is 0.463 e. The minimum Gasteiger partial charge on any atom is -0.463 e. The number of carbonyl (C=O) groups is 7. The number of aliphatic hydroxyl groups excluding tert-OH is 1. The standard InChI is InChI=1S/C41H42O18/c1-22(42)50-20-30-31(52-23(2)43)34(53-24(3)44)36(54-25(4)45)41(56-30)51-21-29-32(57-37(46)26-14-8-5-9-15-26)33(58-38(47)27-16-10-6-11-17-27)35(40(49)55-29)59-39(48)28-18-12-7-13-19-28/h5-19,29-36,40-41,49H,20-21H2,1-4H3/t29-,30-,31-,32-,33+,34+,35+,36+,40+,41+/m1/s1. The molecule has 2 saturated heterocycles. The average molecular weight is 823 g/mol. The van der Waals surface area contributed by atoms with Crippen molar-refractivity contribution in [3.63, 3.8) is 0 Å². The molecule has 0 aromatic heterocycles. The highest BCUT2D eigenvalue weighted by molar-refractivity contribution is 5.91. The Hall–Kier alpha value is -6.21. The molecule has 0 bridgehead atoms. The highest BCUT2D eigenvalue weighted by atomic mass is 16.7. The molecule has 18 nitrogen and oxygen atoms in total. The number of hydrogen-bond donors (Lipinski definition) is 1. The van der Waals surface area contributed by atoms with Crippen LogP contribution in [-0.4, -0.2) is 122 Å². The van der Waals surface area contributed by atoms with Crippen LogP contribution in [0.15, 0.2) is 91.0 Å². The van der Waals surface area contributed by atoms with Crippen LogP contribution in [0, 0.1) is 0 Å². The lowest BCUT2D eigenvalue weighted by molar-refractivity contribution is -0.327. The summed E-state index contributed by atoms with van der Waals surface area (Å²) in [6.45, 7) is 2.97. The fourth-order valence-electron chi connectivity index (χ4n) is 6.24. The van der Waals surface area contributed by atoms with Crippen molar-refractivity contribution in [2.75, 3.05) is 13.2 Å². The first-order chi connectivity index (χ1) is 28.2. The van der Waals surface area contributed by atoms with Crippen LogP contribution in [0.5, 0.6) is 0 Å². The number of benzene rings is 3. The number of hydrogen-bond acceptors (Lipinski definition) is 18. The van der Waals surface area contributed by atoms with Crippen molar-refractivity contribution < 1.29 is 86.0 Å². The van der Waals surface area contributed by atoms with Crippen LogP contribution in [0.4, 0.5) is 0 Å². The van der Waals surface area contributed by atoms with Crippen LogP contribution in [0.25, 0.3) is 0 Å². The van der Waals surface area contributed by atoms with Crippen LogP contribution in [0.2, 0.25) is 0 Å². The van der Waals surface area contributed by atoms with Gasteiger partial charge in [-0.15, -0.1) is 0 Å². The molecule has 3 aromatic rings. The predicted molar refractivity (Wildman–Crippen MR) is 196 cm³/mol. The van der Waals surface area contributed by atoms with Gasteiger partial charge in [-0.3, -0.25) is 19.2 Å². The Balaban J connectivity index is 1.53. The van der Waals surface area contributed by atoms with Crippen LogP contribution in [0.1, 0.15) is 58.8 Å². The zero-order chi connectivity index (χ0) is 42.6. The molecule has 0 spiro atoms. The Kier molecular flexibility index (Phi) is 15.2. The summed E-state index contributed by atoms with van der Waals surface area (Å²) in [5.74, 6) is -6.23. The maximum absolute atomic E-state index is 13.7. The molecule has 0 unspecified atom stereocenters. The second-order valence-corrected chi connectivity index (χ2v) is 13.2. The van der Waals surface area contributed by atoms with E-state index in [4.69, 9.17) is 47.4 Å². The van der Waals surface area contributed by atoms with Gasteiger partial charge < -0.3 is 52.5 Å². The summed E-state index contributed by atoms with van der Waals surface area (Å²) < 4.78 is 56.9. The van der Waals surface area contributed by atoms with Gasteiger partial charge in [-0.2, -0.15) is 0 Å². The van der Waals surface area contributed by atoms with E-state index in [2.05, 4.69) is 0 Å². The molecular weight excluding hydrogens is 780 g/mol. The zero-order valence-electron chi connectivity index (χ0n) is 32.2. The van der Waals surface area contributed by atoms with Gasteiger partial charge in [-0.1, -0.05) is 54.6 Å². The summed E-state index contributed by atoms with van der Waals surface area (Å²) in [5.41, 5.74) is 0.184. The molecule has 1 N–H and O–H groups in total. The highest BCUT2D eigenvalue weighted by Gasteiger charge is 2.55. The van der Waals surface area contributed by atoms with E-state index in [-0.39, 0.29) is 16.7 Å². The second-order valence-electron chi connectivity index (χ2n) is 13.2. The summed E-state index contributed by atoms with van der Waals surface area (Å²) in [4.78, 5) is 89.4. The monoisotopic (exact) mass is 822 g/mol. The third-order valence-corrected chi connectivity index (χ3v) is 8.74. The minimum atomic E-state index is -2.05. The minimum absolute atomic E-state index is 0.0556. The molecule has 10 atom stereocenters. The summed E-state index contributed by atoms with van der Waals surface area (Å²) in [6.07, 6.45) is -16.7. The first-order valence-electron chi connectivity index (χ1n) is 18.3. The van der Waals surface area contributed by atoms with Crippen molar-refractivity contribution in [1.29, 1.82) is 0 Å². The fraction of sp³-hybridized carbons (Fsp3) is 0.390. The fourth-order valence-corrected chi connectivity index (χ4v) is 6.24. The molecule has 2 fully saturated rings. The van der Waals surface area contributed by atoms with Crippen molar-refractivity contribution in [2.45, 2.75) is 89.1 Å². The highest BCUT2D eigenvalue weighted by Crippen LogP contribution is 2.33. The maximum atomic E-state index is 13.7. The Bertz CT molecular complexity index is 1940. The lowest BCUT2D eigenvalue weighted by atomic mass is 9.97. The zero-order valence-corrected chi connectivity index (χ0v) is 32.2. The van der Waals surface area contributed by atoms with Gasteiger partial charge in [0.2, 0.25) is 0 Å². The lowest BCUT2D eigenvalue weighted by Crippen LogP contribution is -2.64. The third kappa shape index (κ3) is 11.9. The summed E-state index contributed by atoms with van der Waals surface area (Å²) in [5, 5.41) is 11.4. The van der Waals surface area contributed by atoms with Gasteiger partial charge in [-0.25, -0.2) is 14.4 Å². The van der Waals surface area contributed by atoms with Crippen molar-refractivity contribution in [2.24, 2.45) is 0 Å². The number of rotatable bonds is 14. The topological polar surface area (TPSA) is 232 Å². The Morgan fingerprint density at radius 3 is 1.29 bits per heavy atom. The molecule has 2 heterocycles.